The van der Waals surface area contributed by atoms with Crippen molar-refractivity contribution in [3.63, 3.8) is 0 Å². The molecule has 27 heavy (non-hydrogen) atoms. The molecule has 1 aliphatic heterocycles. The molecule has 1 fully saturated rings. The molecule has 2 aromatic rings. The minimum absolute atomic E-state index is 0.0801. The van der Waals surface area contributed by atoms with Gasteiger partial charge in [0.2, 0.25) is 5.91 Å². The molecular weight excluding hydrogens is 361 g/mol. The van der Waals surface area contributed by atoms with Crippen LogP contribution in [0.5, 0.6) is 0 Å². The van der Waals surface area contributed by atoms with Crippen LogP contribution in [0.1, 0.15) is 17.4 Å². The van der Waals surface area contributed by atoms with Gasteiger partial charge in [0.15, 0.2) is 0 Å². The van der Waals surface area contributed by atoms with E-state index >= 15 is 0 Å². The van der Waals surface area contributed by atoms with Crippen LogP contribution >= 0.6 is 0 Å². The Hall–Kier alpha value is -2.84. The molecule has 2 heterocycles. The number of benzene rings is 1. The number of imidazole rings is 1. The number of carbonyl (C=O) groups excluding carboxylic acids is 2. The van der Waals surface area contributed by atoms with Gasteiger partial charge in [-0.1, -0.05) is 18.2 Å². The smallest absolute Gasteiger partial charge is 0.356 e. The van der Waals surface area contributed by atoms with E-state index in [9.17, 15) is 22.8 Å². The molecule has 9 heteroatoms. The van der Waals surface area contributed by atoms with E-state index in [1.54, 1.807) is 28.8 Å². The molecule has 6 nitrogen and oxygen atoms in total. The minimum Gasteiger partial charge on any atom is -0.356 e. The number of para-hydroxylation sites is 1. The van der Waals surface area contributed by atoms with Crippen LogP contribution in [0.4, 0.5) is 13.2 Å². The molecule has 0 bridgehead atoms. The normalized spacial score (nSPS) is 19.9. The molecule has 1 aromatic carbocycles. The van der Waals surface area contributed by atoms with Gasteiger partial charge < -0.3 is 10.2 Å². The number of rotatable bonds is 4. The van der Waals surface area contributed by atoms with E-state index in [-0.39, 0.29) is 18.8 Å². The third kappa shape index (κ3) is 4.12. The summed E-state index contributed by atoms with van der Waals surface area (Å²) in [5.74, 6) is -3.48. The summed E-state index contributed by atoms with van der Waals surface area (Å²) in [5.41, 5.74) is 0.891. The number of alkyl halides is 3. The van der Waals surface area contributed by atoms with Gasteiger partial charge in [-0.15, -0.1) is 0 Å². The average molecular weight is 380 g/mol. The highest BCUT2D eigenvalue weighted by Crippen LogP contribution is 2.37. The monoisotopic (exact) mass is 380 g/mol. The van der Waals surface area contributed by atoms with Crippen LogP contribution in [0.2, 0.25) is 0 Å². The quantitative estimate of drug-likeness (QED) is 0.885. The zero-order valence-corrected chi connectivity index (χ0v) is 14.6. The van der Waals surface area contributed by atoms with Crippen LogP contribution in [0.25, 0.3) is 5.69 Å². The number of hydrogen-bond donors (Lipinski definition) is 1. The molecule has 2 unspecified atom stereocenters. The van der Waals surface area contributed by atoms with E-state index in [0.29, 0.717) is 5.69 Å². The predicted octanol–water partition coefficient (Wildman–Crippen LogP) is 2.26. The number of hydrogen-bond acceptors (Lipinski definition) is 3. The summed E-state index contributed by atoms with van der Waals surface area (Å²) in [6, 6.07) is 8.97. The molecule has 1 aromatic heterocycles. The molecule has 1 saturated heterocycles. The second-order valence-electron chi connectivity index (χ2n) is 6.54. The lowest BCUT2D eigenvalue weighted by atomic mass is 9.95. The van der Waals surface area contributed by atoms with Gasteiger partial charge in [0.1, 0.15) is 5.69 Å². The maximum absolute atomic E-state index is 13.4. The van der Waals surface area contributed by atoms with E-state index in [0.717, 1.165) is 0 Å². The lowest BCUT2D eigenvalue weighted by molar-refractivity contribution is -0.179. The van der Waals surface area contributed by atoms with Crippen LogP contribution in [-0.2, 0) is 4.79 Å². The third-order valence-electron chi connectivity index (χ3n) is 4.65. The molecule has 1 N–H and O–H groups in total. The highest BCUT2D eigenvalue weighted by atomic mass is 19.4. The maximum Gasteiger partial charge on any atom is 0.393 e. The molecule has 2 atom stereocenters. The Morgan fingerprint density at radius 2 is 1.93 bits per heavy atom. The first-order chi connectivity index (χ1) is 12.8. The van der Waals surface area contributed by atoms with Crippen molar-refractivity contribution in [2.24, 2.45) is 11.8 Å². The van der Waals surface area contributed by atoms with Crippen LogP contribution in [0.3, 0.4) is 0 Å². The topological polar surface area (TPSA) is 67.2 Å². The molecule has 3 rings (SSSR count). The van der Waals surface area contributed by atoms with Gasteiger partial charge in [0.05, 0.1) is 18.4 Å². The molecule has 144 valence electrons. The first-order valence-electron chi connectivity index (χ1n) is 8.45. The number of likely N-dealkylation sites (tertiary alicyclic amines) is 1. The zero-order chi connectivity index (χ0) is 19.6. The molecule has 1 aliphatic rings. The van der Waals surface area contributed by atoms with Crippen molar-refractivity contribution < 1.29 is 22.8 Å². The Balaban J connectivity index is 1.82. The zero-order valence-electron chi connectivity index (χ0n) is 14.6. The maximum atomic E-state index is 13.4. The van der Waals surface area contributed by atoms with Crippen molar-refractivity contribution in [1.82, 2.24) is 19.8 Å². The van der Waals surface area contributed by atoms with Crippen molar-refractivity contribution in [2.75, 3.05) is 19.6 Å². The number of aromatic nitrogens is 2. The summed E-state index contributed by atoms with van der Waals surface area (Å²) in [5, 5.41) is 2.43. The standard InChI is InChI=1S/C18H19F3N4O2/c1-12(26)23-7-13-9-24(10-15(13)18(19,20)21)17(27)16-8-22-11-25(16)14-5-3-2-4-6-14/h2-6,8,11,13,15H,7,9-10H2,1H3,(H,23,26). The van der Waals surface area contributed by atoms with Crippen molar-refractivity contribution in [1.29, 1.82) is 0 Å². The summed E-state index contributed by atoms with van der Waals surface area (Å²) in [6.45, 7) is 0.607. The average Bonchev–Trinajstić information content (AvgIpc) is 3.27. The van der Waals surface area contributed by atoms with Crippen molar-refractivity contribution >= 4 is 11.8 Å². The van der Waals surface area contributed by atoms with Crippen LogP contribution < -0.4 is 5.32 Å². The number of amides is 2. The molecule has 2 amide bonds. The highest BCUT2D eigenvalue weighted by Gasteiger charge is 2.50. The van der Waals surface area contributed by atoms with Crippen molar-refractivity contribution in [3.8, 4) is 5.69 Å². The summed E-state index contributed by atoms with van der Waals surface area (Å²) in [6.07, 6.45) is -1.65. The lowest BCUT2D eigenvalue weighted by Gasteiger charge is -2.20. The Kier molecular flexibility index (Phi) is 5.20. The molecule has 0 radical (unpaired) electrons. The lowest BCUT2D eigenvalue weighted by Crippen LogP contribution is -2.36. The Morgan fingerprint density at radius 3 is 2.56 bits per heavy atom. The fourth-order valence-corrected chi connectivity index (χ4v) is 3.30. The van der Waals surface area contributed by atoms with Gasteiger partial charge in [-0.25, -0.2) is 4.98 Å². The molecule has 0 spiro atoms. The van der Waals surface area contributed by atoms with Crippen molar-refractivity contribution in [3.05, 3.63) is 48.5 Å². The van der Waals surface area contributed by atoms with Gasteiger partial charge in [0, 0.05) is 38.2 Å². The fraction of sp³-hybridized carbons (Fsp3) is 0.389. The van der Waals surface area contributed by atoms with Gasteiger partial charge >= 0.3 is 6.18 Å². The largest absolute Gasteiger partial charge is 0.393 e. The SMILES string of the molecule is CC(=O)NCC1CN(C(=O)c2cncn2-c2ccccc2)CC1C(F)(F)F. The number of nitrogens with one attached hydrogen (secondary N) is 1. The Labute approximate surface area is 154 Å². The summed E-state index contributed by atoms with van der Waals surface area (Å²) >= 11 is 0. The number of halogens is 3. The van der Waals surface area contributed by atoms with Gasteiger partial charge in [-0.05, 0) is 12.1 Å². The summed E-state index contributed by atoms with van der Waals surface area (Å²) in [4.78, 5) is 29.1. The first kappa shape index (κ1) is 18.9. The summed E-state index contributed by atoms with van der Waals surface area (Å²) < 4.78 is 41.7. The van der Waals surface area contributed by atoms with E-state index in [2.05, 4.69) is 10.3 Å². The molecule has 0 aliphatic carbocycles. The van der Waals surface area contributed by atoms with Crippen molar-refractivity contribution in [2.45, 2.75) is 13.1 Å². The predicted molar refractivity (Wildman–Crippen MR) is 91.2 cm³/mol. The highest BCUT2D eigenvalue weighted by molar-refractivity contribution is 5.93. The number of carbonyl (C=O) groups is 2. The molecule has 0 saturated carbocycles. The van der Waals surface area contributed by atoms with Crippen LogP contribution in [0.15, 0.2) is 42.9 Å². The summed E-state index contributed by atoms with van der Waals surface area (Å²) in [7, 11) is 0. The van der Waals surface area contributed by atoms with Crippen LogP contribution in [0, 0.1) is 11.8 Å². The molecular formula is C18H19F3N4O2. The van der Waals surface area contributed by atoms with E-state index in [4.69, 9.17) is 0 Å². The first-order valence-corrected chi connectivity index (χ1v) is 8.45. The second-order valence-corrected chi connectivity index (χ2v) is 6.54. The Bertz CT molecular complexity index is 820. The van der Waals surface area contributed by atoms with Crippen LogP contribution in [-0.4, -0.2) is 52.1 Å². The van der Waals surface area contributed by atoms with Gasteiger partial charge in [-0.2, -0.15) is 13.2 Å². The third-order valence-corrected chi connectivity index (χ3v) is 4.65. The van der Waals surface area contributed by atoms with Gasteiger partial charge in [-0.3, -0.25) is 14.2 Å². The van der Waals surface area contributed by atoms with E-state index in [1.165, 1.54) is 24.3 Å². The van der Waals surface area contributed by atoms with Gasteiger partial charge in [0.25, 0.3) is 5.91 Å². The minimum atomic E-state index is -4.45. The van der Waals surface area contributed by atoms with E-state index < -0.39 is 36.4 Å². The fourth-order valence-electron chi connectivity index (χ4n) is 3.30. The second kappa shape index (κ2) is 7.42. The number of nitrogens with zero attached hydrogens (tertiary/aromatic N) is 3. The Morgan fingerprint density at radius 1 is 1.22 bits per heavy atom. The van der Waals surface area contributed by atoms with E-state index in [1.807, 2.05) is 6.07 Å².